The van der Waals surface area contributed by atoms with Crippen LogP contribution in [-0.4, -0.2) is 35.2 Å². The van der Waals surface area contributed by atoms with Crippen molar-refractivity contribution in [2.75, 3.05) is 19.7 Å². The van der Waals surface area contributed by atoms with Crippen LogP contribution in [0.15, 0.2) is 0 Å². The van der Waals surface area contributed by atoms with Gasteiger partial charge in [-0.05, 0) is 45.1 Å². The summed E-state index contributed by atoms with van der Waals surface area (Å²) < 4.78 is 0. The molecule has 1 rings (SSSR count). The third kappa shape index (κ3) is 2.48. The van der Waals surface area contributed by atoms with Crippen LogP contribution in [0, 0.1) is 11.3 Å². The zero-order valence-corrected chi connectivity index (χ0v) is 10.3. The standard InChI is InChI=1S/C12H25NO/c1-11(2,3)13-7-6-12(4,5)10(8-13)9-14/h10,14H,6-9H2,1-5H3. The van der Waals surface area contributed by atoms with Crippen LogP contribution < -0.4 is 0 Å². The van der Waals surface area contributed by atoms with E-state index in [9.17, 15) is 5.11 Å². The van der Waals surface area contributed by atoms with Gasteiger partial charge in [-0.1, -0.05) is 13.8 Å². The van der Waals surface area contributed by atoms with Crippen molar-refractivity contribution in [3.63, 3.8) is 0 Å². The average Bonchev–Trinajstić information content (AvgIpc) is 2.01. The number of rotatable bonds is 1. The lowest BCUT2D eigenvalue weighted by molar-refractivity contribution is -0.0150. The first kappa shape index (κ1) is 12.0. The summed E-state index contributed by atoms with van der Waals surface area (Å²) >= 11 is 0. The van der Waals surface area contributed by atoms with Gasteiger partial charge in [-0.2, -0.15) is 0 Å². The Balaban J connectivity index is 2.67. The summed E-state index contributed by atoms with van der Waals surface area (Å²) in [6, 6.07) is 0. The molecular weight excluding hydrogens is 174 g/mol. The molecule has 2 nitrogen and oxygen atoms in total. The molecule has 1 unspecified atom stereocenters. The van der Waals surface area contributed by atoms with Crippen molar-refractivity contribution < 1.29 is 5.11 Å². The Hall–Kier alpha value is -0.0800. The van der Waals surface area contributed by atoms with E-state index in [4.69, 9.17) is 0 Å². The molecule has 2 heteroatoms. The molecule has 1 aliphatic rings. The topological polar surface area (TPSA) is 23.5 Å². The minimum atomic E-state index is 0.240. The van der Waals surface area contributed by atoms with Crippen molar-refractivity contribution in [2.45, 2.75) is 46.6 Å². The highest BCUT2D eigenvalue weighted by atomic mass is 16.3. The summed E-state index contributed by atoms with van der Waals surface area (Å²) in [6.45, 7) is 13.8. The van der Waals surface area contributed by atoms with E-state index in [1.54, 1.807) is 0 Å². The molecule has 0 aromatic rings. The molecule has 1 N–H and O–H groups in total. The molecule has 0 aliphatic carbocycles. The van der Waals surface area contributed by atoms with Crippen molar-refractivity contribution in [3.8, 4) is 0 Å². The van der Waals surface area contributed by atoms with Gasteiger partial charge in [0.25, 0.3) is 0 Å². The van der Waals surface area contributed by atoms with Gasteiger partial charge in [0.2, 0.25) is 0 Å². The summed E-state index contributed by atoms with van der Waals surface area (Å²) in [4.78, 5) is 2.49. The number of likely N-dealkylation sites (tertiary alicyclic amines) is 1. The van der Waals surface area contributed by atoms with Crippen LogP contribution in [0.5, 0.6) is 0 Å². The Morgan fingerprint density at radius 1 is 1.36 bits per heavy atom. The van der Waals surface area contributed by atoms with Crippen molar-refractivity contribution >= 4 is 0 Å². The highest BCUT2D eigenvalue weighted by molar-refractivity contribution is 4.90. The van der Waals surface area contributed by atoms with Gasteiger partial charge in [0, 0.05) is 18.7 Å². The van der Waals surface area contributed by atoms with Crippen LogP contribution in [0.3, 0.4) is 0 Å². The van der Waals surface area contributed by atoms with Crippen molar-refractivity contribution in [2.24, 2.45) is 11.3 Å². The number of nitrogens with zero attached hydrogens (tertiary/aromatic N) is 1. The second kappa shape index (κ2) is 3.82. The number of piperidine rings is 1. The fourth-order valence-electron chi connectivity index (χ4n) is 2.15. The molecule has 1 heterocycles. The zero-order chi connectivity index (χ0) is 11.0. The number of aliphatic hydroxyl groups excluding tert-OH is 1. The largest absolute Gasteiger partial charge is 0.396 e. The lowest BCUT2D eigenvalue weighted by Gasteiger charge is -2.48. The van der Waals surface area contributed by atoms with Crippen LogP contribution in [0.4, 0.5) is 0 Å². The molecule has 1 saturated heterocycles. The maximum atomic E-state index is 9.38. The van der Waals surface area contributed by atoms with E-state index in [-0.39, 0.29) is 5.54 Å². The van der Waals surface area contributed by atoms with Crippen molar-refractivity contribution in [1.29, 1.82) is 0 Å². The van der Waals surface area contributed by atoms with E-state index >= 15 is 0 Å². The lowest BCUT2D eigenvalue weighted by atomic mass is 9.73. The Bertz CT molecular complexity index is 193. The van der Waals surface area contributed by atoms with E-state index < -0.39 is 0 Å². The normalized spacial score (nSPS) is 29.1. The summed E-state index contributed by atoms with van der Waals surface area (Å²) in [5, 5.41) is 9.38. The molecule has 0 bridgehead atoms. The summed E-state index contributed by atoms with van der Waals surface area (Å²) in [6.07, 6.45) is 1.19. The van der Waals surface area contributed by atoms with Gasteiger partial charge in [0.15, 0.2) is 0 Å². The lowest BCUT2D eigenvalue weighted by Crippen LogP contribution is -2.53. The molecule has 0 spiro atoms. The van der Waals surface area contributed by atoms with Gasteiger partial charge in [-0.25, -0.2) is 0 Å². The first-order valence-corrected chi connectivity index (χ1v) is 5.63. The monoisotopic (exact) mass is 199 g/mol. The molecular formula is C12H25NO. The first-order valence-electron chi connectivity index (χ1n) is 5.63. The van der Waals surface area contributed by atoms with Crippen LogP contribution >= 0.6 is 0 Å². The fraction of sp³-hybridized carbons (Fsp3) is 1.00. The molecule has 0 amide bonds. The Labute approximate surface area is 88.3 Å². The Morgan fingerprint density at radius 3 is 2.36 bits per heavy atom. The van der Waals surface area contributed by atoms with Gasteiger partial charge in [-0.3, -0.25) is 4.90 Å². The molecule has 0 saturated carbocycles. The SMILES string of the molecule is CC1(C)CCN(C(C)(C)C)CC1CO. The van der Waals surface area contributed by atoms with E-state index in [1.807, 2.05) is 0 Å². The van der Waals surface area contributed by atoms with Crippen molar-refractivity contribution in [3.05, 3.63) is 0 Å². The van der Waals surface area contributed by atoms with Gasteiger partial charge < -0.3 is 5.11 Å². The van der Waals surface area contributed by atoms with E-state index in [0.717, 1.165) is 13.1 Å². The Morgan fingerprint density at radius 2 is 1.93 bits per heavy atom. The summed E-state index contributed by atoms with van der Waals surface area (Å²) in [7, 11) is 0. The van der Waals surface area contributed by atoms with E-state index in [1.165, 1.54) is 6.42 Å². The molecule has 1 fully saturated rings. The van der Waals surface area contributed by atoms with Gasteiger partial charge in [-0.15, -0.1) is 0 Å². The third-order valence-electron chi connectivity index (χ3n) is 3.74. The maximum absolute atomic E-state index is 9.38. The average molecular weight is 199 g/mol. The Kier molecular flexibility index (Phi) is 3.27. The number of hydrogen-bond donors (Lipinski definition) is 1. The smallest absolute Gasteiger partial charge is 0.0476 e. The molecule has 0 aromatic carbocycles. The number of aliphatic hydroxyl groups is 1. The second-order valence-corrected chi connectivity index (χ2v) is 6.23. The maximum Gasteiger partial charge on any atom is 0.0476 e. The molecule has 84 valence electrons. The van der Waals surface area contributed by atoms with Crippen LogP contribution in [-0.2, 0) is 0 Å². The van der Waals surface area contributed by atoms with Crippen LogP contribution in [0.25, 0.3) is 0 Å². The third-order valence-corrected chi connectivity index (χ3v) is 3.74. The summed E-state index contributed by atoms with van der Waals surface area (Å²) in [5.41, 5.74) is 0.542. The zero-order valence-electron chi connectivity index (χ0n) is 10.3. The highest BCUT2D eigenvalue weighted by Gasteiger charge is 2.38. The molecule has 0 radical (unpaired) electrons. The minimum absolute atomic E-state index is 0.240. The van der Waals surface area contributed by atoms with E-state index in [0.29, 0.717) is 17.9 Å². The fourth-order valence-corrected chi connectivity index (χ4v) is 2.15. The predicted molar refractivity (Wildman–Crippen MR) is 60.3 cm³/mol. The first-order chi connectivity index (χ1) is 6.27. The van der Waals surface area contributed by atoms with Crippen molar-refractivity contribution in [1.82, 2.24) is 4.90 Å². The quantitative estimate of drug-likeness (QED) is 0.699. The minimum Gasteiger partial charge on any atom is -0.396 e. The van der Waals surface area contributed by atoms with Crippen LogP contribution in [0.1, 0.15) is 41.0 Å². The van der Waals surface area contributed by atoms with Crippen LogP contribution in [0.2, 0.25) is 0 Å². The molecule has 1 atom stereocenters. The summed E-state index contributed by atoms with van der Waals surface area (Å²) in [5.74, 6) is 0.426. The molecule has 1 aliphatic heterocycles. The van der Waals surface area contributed by atoms with Gasteiger partial charge in [0.1, 0.15) is 0 Å². The van der Waals surface area contributed by atoms with Gasteiger partial charge in [0.05, 0.1) is 0 Å². The molecule has 14 heavy (non-hydrogen) atoms. The highest BCUT2D eigenvalue weighted by Crippen LogP contribution is 2.37. The predicted octanol–water partition coefficient (Wildman–Crippen LogP) is 2.13. The second-order valence-electron chi connectivity index (χ2n) is 6.23. The van der Waals surface area contributed by atoms with E-state index in [2.05, 4.69) is 39.5 Å². The molecule has 0 aromatic heterocycles. The number of hydrogen-bond acceptors (Lipinski definition) is 2. The van der Waals surface area contributed by atoms with Gasteiger partial charge >= 0.3 is 0 Å².